The summed E-state index contributed by atoms with van der Waals surface area (Å²) in [4.78, 5) is 6.16. The van der Waals surface area contributed by atoms with Crippen molar-refractivity contribution in [3.8, 4) is 5.75 Å². The third kappa shape index (κ3) is 3.48. The normalized spacial score (nSPS) is 24.3. The Morgan fingerprint density at radius 1 is 1.38 bits per heavy atom. The second-order valence-electron chi connectivity index (χ2n) is 6.65. The standard InChI is InChI=1S/C20H24N2O4/c1-2-9-24-15-5-6-17-14(11-15)7-8-22-18(17)12-19(21-20(22)23)26-13-16-4-3-10-25-16/h2,5-6,11-12,16,20,23H,1,3-4,7-10,13H2. The van der Waals surface area contributed by atoms with E-state index in [9.17, 15) is 5.11 Å². The molecule has 4 rings (SSSR count). The van der Waals surface area contributed by atoms with E-state index in [1.807, 2.05) is 23.1 Å². The van der Waals surface area contributed by atoms with Crippen LogP contribution in [0.1, 0.15) is 24.0 Å². The molecular formula is C20H24N2O4. The Labute approximate surface area is 153 Å². The Morgan fingerprint density at radius 3 is 3.12 bits per heavy atom. The summed E-state index contributed by atoms with van der Waals surface area (Å²) in [5.41, 5.74) is 3.21. The van der Waals surface area contributed by atoms with E-state index in [4.69, 9.17) is 14.2 Å². The zero-order valence-corrected chi connectivity index (χ0v) is 14.8. The highest BCUT2D eigenvalue weighted by atomic mass is 16.5. The van der Waals surface area contributed by atoms with Gasteiger partial charge in [-0.3, -0.25) is 0 Å². The molecule has 6 heteroatoms. The fourth-order valence-electron chi connectivity index (χ4n) is 3.56. The molecule has 1 aromatic carbocycles. The summed E-state index contributed by atoms with van der Waals surface area (Å²) in [5.74, 6) is 1.29. The number of ether oxygens (including phenoxy) is 3. The molecule has 0 amide bonds. The maximum absolute atomic E-state index is 10.4. The lowest BCUT2D eigenvalue weighted by Gasteiger charge is -2.37. The molecule has 0 radical (unpaired) electrons. The minimum atomic E-state index is -0.917. The number of aliphatic hydroxyl groups is 1. The molecule has 0 saturated carbocycles. The molecular weight excluding hydrogens is 332 g/mol. The van der Waals surface area contributed by atoms with Crippen LogP contribution in [0.25, 0.3) is 5.70 Å². The van der Waals surface area contributed by atoms with Gasteiger partial charge in [0.1, 0.15) is 19.0 Å². The second kappa shape index (κ2) is 7.51. The summed E-state index contributed by atoms with van der Waals surface area (Å²) >= 11 is 0. The Bertz CT molecular complexity index is 737. The summed E-state index contributed by atoms with van der Waals surface area (Å²) in [5, 5.41) is 10.4. The Kier molecular flexibility index (Phi) is 4.95. The molecule has 3 heterocycles. The highest BCUT2D eigenvalue weighted by molar-refractivity contribution is 5.97. The summed E-state index contributed by atoms with van der Waals surface area (Å²) in [6.07, 6.45) is 5.75. The number of hydrogen-bond donors (Lipinski definition) is 1. The molecule has 3 aliphatic rings. The lowest BCUT2D eigenvalue weighted by molar-refractivity contribution is 0.0405. The van der Waals surface area contributed by atoms with E-state index in [-0.39, 0.29) is 6.10 Å². The zero-order chi connectivity index (χ0) is 17.9. The molecule has 26 heavy (non-hydrogen) atoms. The number of aliphatic imine (C=N–C) groups is 1. The molecule has 2 unspecified atom stereocenters. The summed E-state index contributed by atoms with van der Waals surface area (Å²) < 4.78 is 17.0. The number of nitrogens with zero attached hydrogens (tertiary/aromatic N) is 2. The van der Waals surface area contributed by atoms with Gasteiger partial charge in [-0.1, -0.05) is 12.7 Å². The van der Waals surface area contributed by atoms with Crippen LogP contribution >= 0.6 is 0 Å². The van der Waals surface area contributed by atoms with Gasteiger partial charge in [-0.05, 0) is 43.0 Å². The van der Waals surface area contributed by atoms with E-state index in [0.717, 1.165) is 42.9 Å². The van der Waals surface area contributed by atoms with Crippen LogP contribution in [0.15, 0.2) is 41.9 Å². The monoisotopic (exact) mass is 356 g/mol. The average molecular weight is 356 g/mol. The summed E-state index contributed by atoms with van der Waals surface area (Å²) in [6.45, 7) is 6.13. The second-order valence-corrected chi connectivity index (χ2v) is 6.65. The Balaban J connectivity index is 1.54. The molecule has 0 spiro atoms. The third-order valence-corrected chi connectivity index (χ3v) is 4.87. The summed E-state index contributed by atoms with van der Waals surface area (Å²) in [7, 11) is 0. The highest BCUT2D eigenvalue weighted by Gasteiger charge is 2.30. The van der Waals surface area contributed by atoms with Crippen molar-refractivity contribution in [2.45, 2.75) is 31.7 Å². The van der Waals surface area contributed by atoms with Gasteiger partial charge in [0, 0.05) is 24.8 Å². The number of benzene rings is 1. The first-order chi connectivity index (χ1) is 12.7. The zero-order valence-electron chi connectivity index (χ0n) is 14.8. The number of hydrogen-bond acceptors (Lipinski definition) is 6. The van der Waals surface area contributed by atoms with Crippen LogP contribution in [0, 0.1) is 0 Å². The first kappa shape index (κ1) is 17.1. The summed E-state index contributed by atoms with van der Waals surface area (Å²) in [6, 6.07) is 6.03. The van der Waals surface area contributed by atoms with Crippen LogP contribution in [-0.2, 0) is 15.9 Å². The fraction of sp³-hybridized carbons (Fsp3) is 0.450. The Hall–Kier alpha value is -2.31. The van der Waals surface area contributed by atoms with E-state index in [1.54, 1.807) is 6.08 Å². The van der Waals surface area contributed by atoms with Gasteiger partial charge in [-0.2, -0.15) is 4.99 Å². The highest BCUT2D eigenvalue weighted by Crippen LogP contribution is 2.34. The number of fused-ring (bicyclic) bond motifs is 3. The molecule has 1 aromatic rings. The molecule has 6 nitrogen and oxygen atoms in total. The quantitative estimate of drug-likeness (QED) is 0.821. The molecule has 2 atom stereocenters. The topological polar surface area (TPSA) is 63.5 Å². The van der Waals surface area contributed by atoms with Gasteiger partial charge < -0.3 is 24.2 Å². The molecule has 0 aromatic heterocycles. The van der Waals surface area contributed by atoms with E-state index in [2.05, 4.69) is 17.6 Å². The van der Waals surface area contributed by atoms with Gasteiger partial charge >= 0.3 is 0 Å². The van der Waals surface area contributed by atoms with E-state index in [0.29, 0.717) is 25.7 Å². The van der Waals surface area contributed by atoms with Crippen molar-refractivity contribution < 1.29 is 19.3 Å². The smallest absolute Gasteiger partial charge is 0.229 e. The minimum Gasteiger partial charge on any atom is -0.490 e. The van der Waals surface area contributed by atoms with Gasteiger partial charge in [-0.15, -0.1) is 0 Å². The lowest BCUT2D eigenvalue weighted by Crippen LogP contribution is -2.40. The van der Waals surface area contributed by atoms with Crippen molar-refractivity contribution in [2.75, 3.05) is 26.4 Å². The van der Waals surface area contributed by atoms with Gasteiger partial charge in [0.2, 0.25) is 12.2 Å². The van der Waals surface area contributed by atoms with Crippen LogP contribution in [0.2, 0.25) is 0 Å². The fourth-order valence-corrected chi connectivity index (χ4v) is 3.56. The van der Waals surface area contributed by atoms with Crippen LogP contribution in [0.5, 0.6) is 5.75 Å². The lowest BCUT2D eigenvalue weighted by atomic mass is 9.95. The molecule has 138 valence electrons. The van der Waals surface area contributed by atoms with Crippen LogP contribution in [0.4, 0.5) is 0 Å². The van der Waals surface area contributed by atoms with Crippen LogP contribution < -0.4 is 4.74 Å². The van der Waals surface area contributed by atoms with Crippen LogP contribution in [0.3, 0.4) is 0 Å². The van der Waals surface area contributed by atoms with Crippen LogP contribution in [-0.4, -0.2) is 54.7 Å². The van der Waals surface area contributed by atoms with Crippen molar-refractivity contribution >= 4 is 11.6 Å². The third-order valence-electron chi connectivity index (χ3n) is 4.87. The number of rotatable bonds is 5. The molecule has 1 saturated heterocycles. The largest absolute Gasteiger partial charge is 0.490 e. The molecule has 0 aliphatic carbocycles. The van der Waals surface area contributed by atoms with Gasteiger partial charge in [0.25, 0.3) is 0 Å². The SMILES string of the molecule is C=CCOc1ccc2c(c1)CCN1C2=CC(OCC2CCCO2)=NC1O. The molecule has 3 aliphatic heterocycles. The van der Waals surface area contributed by atoms with Crippen molar-refractivity contribution in [2.24, 2.45) is 4.99 Å². The van der Waals surface area contributed by atoms with Crippen molar-refractivity contribution in [1.29, 1.82) is 0 Å². The van der Waals surface area contributed by atoms with Gasteiger partial charge in [-0.25, -0.2) is 0 Å². The van der Waals surface area contributed by atoms with Gasteiger partial charge in [0.15, 0.2) is 0 Å². The maximum Gasteiger partial charge on any atom is 0.229 e. The minimum absolute atomic E-state index is 0.120. The maximum atomic E-state index is 10.4. The van der Waals surface area contributed by atoms with Crippen molar-refractivity contribution in [3.63, 3.8) is 0 Å². The molecule has 1 fully saturated rings. The predicted molar refractivity (Wildman–Crippen MR) is 98.9 cm³/mol. The van der Waals surface area contributed by atoms with E-state index in [1.165, 1.54) is 5.56 Å². The predicted octanol–water partition coefficient (Wildman–Crippen LogP) is 2.33. The Morgan fingerprint density at radius 2 is 2.31 bits per heavy atom. The first-order valence-electron chi connectivity index (χ1n) is 9.10. The molecule has 1 N–H and O–H groups in total. The average Bonchev–Trinajstić information content (AvgIpc) is 3.18. The number of aliphatic hydroxyl groups excluding tert-OH is 1. The van der Waals surface area contributed by atoms with E-state index < -0.39 is 6.35 Å². The van der Waals surface area contributed by atoms with Gasteiger partial charge in [0.05, 0.1) is 11.8 Å². The molecule has 0 bridgehead atoms. The van der Waals surface area contributed by atoms with Crippen molar-refractivity contribution in [1.82, 2.24) is 4.90 Å². The first-order valence-corrected chi connectivity index (χ1v) is 9.10. The van der Waals surface area contributed by atoms with E-state index >= 15 is 0 Å². The van der Waals surface area contributed by atoms with Crippen molar-refractivity contribution in [3.05, 3.63) is 48.1 Å².